The molecule has 0 aromatic heterocycles. The van der Waals surface area contributed by atoms with Gasteiger partial charge in [-0.1, -0.05) is 43.3 Å². The number of imide groups is 1. The molecule has 1 saturated heterocycles. The van der Waals surface area contributed by atoms with Gasteiger partial charge in [-0.3, -0.25) is 14.5 Å². The van der Waals surface area contributed by atoms with E-state index in [-0.39, 0.29) is 11.8 Å². The summed E-state index contributed by atoms with van der Waals surface area (Å²) in [6.45, 7) is 4.10. The van der Waals surface area contributed by atoms with Crippen molar-refractivity contribution in [3.8, 4) is 11.5 Å². The van der Waals surface area contributed by atoms with Crippen LogP contribution in [0.1, 0.15) is 30.9 Å². The van der Waals surface area contributed by atoms with Crippen LogP contribution in [0.5, 0.6) is 11.5 Å². The SMILES string of the molecule is COc1ccc(C2=C(N3CCCC(C)C3)C(=O)N(CCc3ccccc3)C2=O)cc1OC. The zero-order chi connectivity index (χ0) is 22.7. The highest BCUT2D eigenvalue weighted by Gasteiger charge is 2.42. The first-order valence-electron chi connectivity index (χ1n) is 11.1. The summed E-state index contributed by atoms with van der Waals surface area (Å²) in [5.74, 6) is 1.15. The van der Waals surface area contributed by atoms with Crippen molar-refractivity contribution in [1.82, 2.24) is 9.80 Å². The molecule has 0 radical (unpaired) electrons. The van der Waals surface area contributed by atoms with Crippen molar-refractivity contribution in [2.24, 2.45) is 5.92 Å². The number of likely N-dealkylation sites (tertiary alicyclic amines) is 1. The summed E-state index contributed by atoms with van der Waals surface area (Å²) >= 11 is 0. The second-order valence-electron chi connectivity index (χ2n) is 8.48. The van der Waals surface area contributed by atoms with E-state index in [1.807, 2.05) is 36.4 Å². The van der Waals surface area contributed by atoms with Crippen LogP contribution in [0.3, 0.4) is 0 Å². The van der Waals surface area contributed by atoms with Gasteiger partial charge in [-0.15, -0.1) is 0 Å². The number of hydrogen-bond donors (Lipinski definition) is 0. The van der Waals surface area contributed by atoms with Crippen molar-refractivity contribution in [3.05, 3.63) is 65.4 Å². The second-order valence-corrected chi connectivity index (χ2v) is 8.48. The Labute approximate surface area is 189 Å². The van der Waals surface area contributed by atoms with E-state index in [0.29, 0.717) is 47.2 Å². The van der Waals surface area contributed by atoms with Gasteiger partial charge in [0.1, 0.15) is 5.70 Å². The highest BCUT2D eigenvalue weighted by molar-refractivity contribution is 6.35. The topological polar surface area (TPSA) is 59.1 Å². The number of amides is 2. The van der Waals surface area contributed by atoms with Crippen LogP contribution in [0.2, 0.25) is 0 Å². The zero-order valence-electron chi connectivity index (χ0n) is 19.0. The monoisotopic (exact) mass is 434 g/mol. The van der Waals surface area contributed by atoms with Crippen LogP contribution in [-0.2, 0) is 16.0 Å². The van der Waals surface area contributed by atoms with E-state index in [0.717, 1.165) is 31.5 Å². The van der Waals surface area contributed by atoms with Crippen LogP contribution in [0.25, 0.3) is 5.57 Å². The first-order valence-corrected chi connectivity index (χ1v) is 11.1. The molecule has 4 rings (SSSR count). The summed E-state index contributed by atoms with van der Waals surface area (Å²) in [4.78, 5) is 30.6. The molecule has 0 aliphatic carbocycles. The van der Waals surface area contributed by atoms with E-state index in [2.05, 4.69) is 11.8 Å². The van der Waals surface area contributed by atoms with Gasteiger partial charge in [0.05, 0.1) is 19.8 Å². The molecule has 2 heterocycles. The molecule has 2 amide bonds. The fourth-order valence-electron chi connectivity index (χ4n) is 4.59. The molecule has 6 heteroatoms. The molecule has 0 saturated carbocycles. The third-order valence-electron chi connectivity index (χ3n) is 6.26. The quantitative estimate of drug-likeness (QED) is 0.621. The van der Waals surface area contributed by atoms with Crippen molar-refractivity contribution in [1.29, 1.82) is 0 Å². The smallest absolute Gasteiger partial charge is 0.277 e. The number of piperidine rings is 1. The predicted molar refractivity (Wildman–Crippen MR) is 123 cm³/mol. The van der Waals surface area contributed by atoms with Crippen LogP contribution in [0, 0.1) is 5.92 Å². The fraction of sp³-hybridized carbons (Fsp3) is 0.385. The molecule has 2 aromatic rings. The molecule has 32 heavy (non-hydrogen) atoms. The Morgan fingerprint density at radius 1 is 0.969 bits per heavy atom. The summed E-state index contributed by atoms with van der Waals surface area (Å²) in [5.41, 5.74) is 2.75. The largest absolute Gasteiger partial charge is 0.493 e. The number of hydrogen-bond acceptors (Lipinski definition) is 5. The molecule has 2 aromatic carbocycles. The summed E-state index contributed by atoms with van der Waals surface area (Å²) in [5, 5.41) is 0. The Balaban J connectivity index is 1.71. The number of carbonyl (C=O) groups is 2. The number of benzene rings is 2. The summed E-state index contributed by atoms with van der Waals surface area (Å²) in [7, 11) is 3.14. The van der Waals surface area contributed by atoms with E-state index in [9.17, 15) is 9.59 Å². The first kappa shape index (κ1) is 21.9. The summed E-state index contributed by atoms with van der Waals surface area (Å²) < 4.78 is 10.8. The van der Waals surface area contributed by atoms with Crippen LogP contribution in [0.15, 0.2) is 54.2 Å². The highest BCUT2D eigenvalue weighted by atomic mass is 16.5. The van der Waals surface area contributed by atoms with Gasteiger partial charge >= 0.3 is 0 Å². The molecule has 2 aliphatic rings. The third-order valence-corrected chi connectivity index (χ3v) is 6.26. The number of methoxy groups -OCH3 is 2. The maximum Gasteiger partial charge on any atom is 0.277 e. The van der Waals surface area contributed by atoms with Crippen molar-refractivity contribution in [2.45, 2.75) is 26.2 Å². The van der Waals surface area contributed by atoms with Gasteiger partial charge in [-0.05, 0) is 48.4 Å². The average Bonchev–Trinajstić information content (AvgIpc) is 3.07. The van der Waals surface area contributed by atoms with E-state index < -0.39 is 0 Å². The normalized spacial score (nSPS) is 19.0. The lowest BCUT2D eigenvalue weighted by molar-refractivity contribution is -0.137. The van der Waals surface area contributed by atoms with Crippen molar-refractivity contribution in [3.63, 3.8) is 0 Å². The van der Waals surface area contributed by atoms with Gasteiger partial charge in [-0.2, -0.15) is 0 Å². The lowest BCUT2D eigenvalue weighted by Crippen LogP contribution is -2.39. The molecule has 0 N–H and O–H groups in total. The molecule has 0 bridgehead atoms. The highest BCUT2D eigenvalue weighted by Crippen LogP contribution is 2.37. The number of ether oxygens (including phenoxy) is 2. The lowest BCUT2D eigenvalue weighted by atomic mass is 9.97. The maximum atomic E-state index is 13.6. The number of nitrogens with zero attached hydrogens (tertiary/aromatic N) is 2. The van der Waals surface area contributed by atoms with Crippen molar-refractivity contribution >= 4 is 17.4 Å². The molecule has 2 aliphatic heterocycles. The van der Waals surface area contributed by atoms with Crippen LogP contribution in [-0.4, -0.2) is 55.5 Å². The Hall–Kier alpha value is -3.28. The minimum atomic E-state index is -0.244. The Bertz CT molecular complexity index is 1030. The number of carbonyl (C=O) groups excluding carboxylic acids is 2. The number of rotatable bonds is 7. The fourth-order valence-corrected chi connectivity index (χ4v) is 4.59. The second kappa shape index (κ2) is 9.47. The van der Waals surface area contributed by atoms with Crippen LogP contribution in [0.4, 0.5) is 0 Å². The van der Waals surface area contributed by atoms with Gasteiger partial charge < -0.3 is 14.4 Å². The van der Waals surface area contributed by atoms with E-state index in [4.69, 9.17) is 9.47 Å². The Kier molecular flexibility index (Phi) is 6.49. The van der Waals surface area contributed by atoms with Crippen LogP contribution < -0.4 is 9.47 Å². The van der Waals surface area contributed by atoms with Gasteiger partial charge in [-0.25, -0.2) is 0 Å². The summed E-state index contributed by atoms with van der Waals surface area (Å²) in [6, 6.07) is 15.3. The summed E-state index contributed by atoms with van der Waals surface area (Å²) in [6.07, 6.45) is 2.77. The van der Waals surface area contributed by atoms with Crippen molar-refractivity contribution < 1.29 is 19.1 Å². The first-order chi connectivity index (χ1) is 15.5. The molecular weight excluding hydrogens is 404 g/mol. The van der Waals surface area contributed by atoms with E-state index in [1.54, 1.807) is 26.4 Å². The molecule has 1 atom stereocenters. The Morgan fingerprint density at radius 3 is 2.41 bits per heavy atom. The predicted octanol–water partition coefficient (Wildman–Crippen LogP) is 3.76. The lowest BCUT2D eigenvalue weighted by Gasteiger charge is -2.33. The van der Waals surface area contributed by atoms with E-state index in [1.165, 1.54) is 4.90 Å². The molecule has 1 unspecified atom stereocenters. The van der Waals surface area contributed by atoms with Gasteiger partial charge in [0.25, 0.3) is 11.8 Å². The minimum absolute atomic E-state index is 0.204. The van der Waals surface area contributed by atoms with E-state index >= 15 is 0 Å². The maximum absolute atomic E-state index is 13.6. The van der Waals surface area contributed by atoms with Crippen LogP contribution >= 0.6 is 0 Å². The van der Waals surface area contributed by atoms with Gasteiger partial charge in [0.2, 0.25) is 0 Å². The standard InChI is InChI=1S/C26H30N2O4/c1-18-8-7-14-27(17-18)24-23(20-11-12-21(31-2)22(16-20)32-3)25(29)28(26(24)30)15-13-19-9-5-4-6-10-19/h4-6,9-12,16,18H,7-8,13-15,17H2,1-3H3. The Morgan fingerprint density at radius 2 is 1.72 bits per heavy atom. The van der Waals surface area contributed by atoms with Gasteiger partial charge in [0, 0.05) is 19.6 Å². The molecule has 6 nitrogen and oxygen atoms in total. The molecule has 168 valence electrons. The van der Waals surface area contributed by atoms with Gasteiger partial charge in [0.15, 0.2) is 11.5 Å². The zero-order valence-corrected chi connectivity index (χ0v) is 19.0. The average molecular weight is 435 g/mol. The minimum Gasteiger partial charge on any atom is -0.493 e. The molecular formula is C26H30N2O4. The third kappa shape index (κ3) is 4.22. The molecule has 0 spiro atoms. The van der Waals surface area contributed by atoms with Crippen molar-refractivity contribution in [2.75, 3.05) is 33.9 Å². The molecule has 1 fully saturated rings.